The maximum Gasteiger partial charge on any atom is 0.484 e. The Balaban J connectivity index is 3.71. The highest BCUT2D eigenvalue weighted by Gasteiger charge is 2.30. The molecule has 0 heterocycles. The first-order chi connectivity index (χ1) is 9.69. The molecule has 0 bridgehead atoms. The normalized spacial score (nSPS) is 14.3. The Morgan fingerprint density at radius 3 is 1.81 bits per heavy atom. The van der Waals surface area contributed by atoms with Gasteiger partial charge >= 0.3 is 7.82 Å². The minimum atomic E-state index is -4.99. The third-order valence-corrected chi connectivity index (χ3v) is 6.24. The second-order valence-electron chi connectivity index (χ2n) is 5.49. The SMILES string of the molecule is CCCCCCCCCCCC(C)S(=O)(=O)OP(=O)(O)O. The van der Waals surface area contributed by atoms with Gasteiger partial charge in [0.1, 0.15) is 0 Å². The first-order valence-electron chi connectivity index (χ1n) is 7.69. The fraction of sp³-hybridized carbons (Fsp3) is 1.00. The molecule has 0 saturated heterocycles. The number of unbranched alkanes of at least 4 members (excludes halogenated alkanes) is 8. The molecule has 0 aliphatic rings. The van der Waals surface area contributed by atoms with E-state index in [4.69, 9.17) is 9.79 Å². The van der Waals surface area contributed by atoms with E-state index in [1.165, 1.54) is 39.0 Å². The van der Waals surface area contributed by atoms with Gasteiger partial charge in [0.05, 0.1) is 5.25 Å². The van der Waals surface area contributed by atoms with Crippen LogP contribution in [-0.2, 0) is 18.7 Å². The van der Waals surface area contributed by atoms with Gasteiger partial charge in [-0.2, -0.15) is 12.4 Å². The van der Waals surface area contributed by atoms with Crippen LogP contribution in [0.5, 0.6) is 0 Å². The highest BCUT2D eigenvalue weighted by Crippen LogP contribution is 2.39. The van der Waals surface area contributed by atoms with Crippen LogP contribution in [0, 0.1) is 0 Å². The lowest BCUT2D eigenvalue weighted by atomic mass is 10.1. The van der Waals surface area contributed by atoms with E-state index in [2.05, 4.69) is 10.9 Å². The molecular weight excluding hydrogens is 315 g/mol. The summed E-state index contributed by atoms with van der Waals surface area (Å²) in [7, 11) is -9.18. The van der Waals surface area contributed by atoms with E-state index in [-0.39, 0.29) is 0 Å². The second-order valence-corrected chi connectivity index (χ2v) is 8.85. The van der Waals surface area contributed by atoms with Crippen molar-refractivity contribution in [3.8, 4) is 0 Å². The minimum Gasteiger partial charge on any atom is -0.302 e. The Morgan fingerprint density at radius 2 is 1.38 bits per heavy atom. The summed E-state index contributed by atoms with van der Waals surface area (Å²) in [5, 5.41) is -0.894. The Bertz CT molecular complexity index is 403. The molecule has 0 saturated carbocycles. The highest BCUT2D eigenvalue weighted by atomic mass is 32.2. The summed E-state index contributed by atoms with van der Waals surface area (Å²) in [6.07, 6.45) is 10.5. The topological polar surface area (TPSA) is 101 Å². The van der Waals surface area contributed by atoms with Crippen molar-refractivity contribution in [2.75, 3.05) is 0 Å². The van der Waals surface area contributed by atoms with Crippen LogP contribution in [0.1, 0.15) is 78.1 Å². The number of hydrogen-bond acceptors (Lipinski definition) is 4. The zero-order valence-electron chi connectivity index (χ0n) is 13.0. The molecule has 1 unspecified atom stereocenters. The molecule has 0 spiro atoms. The summed E-state index contributed by atoms with van der Waals surface area (Å²) in [5.74, 6) is 0. The van der Waals surface area contributed by atoms with Crippen molar-refractivity contribution in [2.24, 2.45) is 0 Å². The molecule has 0 aliphatic heterocycles. The lowest BCUT2D eigenvalue weighted by Crippen LogP contribution is -2.19. The zero-order valence-corrected chi connectivity index (χ0v) is 14.7. The summed E-state index contributed by atoms with van der Waals surface area (Å²) in [6.45, 7) is 3.60. The van der Waals surface area contributed by atoms with Gasteiger partial charge in [-0.05, 0) is 13.3 Å². The van der Waals surface area contributed by atoms with Crippen LogP contribution in [0.25, 0.3) is 0 Å². The van der Waals surface area contributed by atoms with E-state index in [0.29, 0.717) is 6.42 Å². The molecule has 0 aromatic heterocycles. The average molecular weight is 344 g/mol. The molecule has 21 heavy (non-hydrogen) atoms. The van der Waals surface area contributed by atoms with Gasteiger partial charge in [0.15, 0.2) is 0 Å². The molecule has 0 amide bonds. The van der Waals surface area contributed by atoms with E-state index in [1.54, 1.807) is 0 Å². The van der Waals surface area contributed by atoms with E-state index in [9.17, 15) is 13.0 Å². The number of phosphoric acid groups is 1. The third-order valence-electron chi connectivity index (χ3n) is 3.41. The first kappa shape index (κ1) is 21.1. The second kappa shape index (κ2) is 10.7. The van der Waals surface area contributed by atoms with Crippen LogP contribution < -0.4 is 0 Å². The van der Waals surface area contributed by atoms with Crippen molar-refractivity contribution in [1.82, 2.24) is 0 Å². The maximum atomic E-state index is 11.5. The fourth-order valence-electron chi connectivity index (χ4n) is 2.10. The number of rotatable bonds is 13. The van der Waals surface area contributed by atoms with Gasteiger partial charge in [0.25, 0.3) is 10.1 Å². The Labute approximate surface area is 128 Å². The molecule has 6 nitrogen and oxygen atoms in total. The summed E-state index contributed by atoms with van der Waals surface area (Å²) in [6, 6.07) is 0. The molecule has 0 radical (unpaired) electrons. The Hall–Kier alpha value is 0.0600. The Kier molecular flexibility index (Phi) is 10.8. The van der Waals surface area contributed by atoms with E-state index in [0.717, 1.165) is 25.7 Å². The van der Waals surface area contributed by atoms with Crippen LogP contribution in [-0.4, -0.2) is 23.5 Å². The van der Waals surface area contributed by atoms with E-state index >= 15 is 0 Å². The Morgan fingerprint density at radius 1 is 0.952 bits per heavy atom. The largest absolute Gasteiger partial charge is 0.484 e. The van der Waals surface area contributed by atoms with Crippen LogP contribution >= 0.6 is 7.82 Å². The molecule has 8 heteroatoms. The summed E-state index contributed by atoms with van der Waals surface area (Å²) in [4.78, 5) is 17.1. The lowest BCUT2D eigenvalue weighted by Gasteiger charge is -2.12. The quantitative estimate of drug-likeness (QED) is 0.390. The van der Waals surface area contributed by atoms with Gasteiger partial charge < -0.3 is 9.79 Å². The molecule has 0 aliphatic carbocycles. The minimum absolute atomic E-state index is 0.359. The van der Waals surface area contributed by atoms with Gasteiger partial charge in [-0.1, -0.05) is 64.7 Å². The smallest absolute Gasteiger partial charge is 0.302 e. The van der Waals surface area contributed by atoms with Gasteiger partial charge in [-0.15, -0.1) is 0 Å². The van der Waals surface area contributed by atoms with Gasteiger partial charge in [0.2, 0.25) is 0 Å². The number of hydrogen-bond donors (Lipinski definition) is 2. The third kappa shape index (κ3) is 12.3. The summed E-state index contributed by atoms with van der Waals surface area (Å²) < 4.78 is 37.4. The molecule has 0 fully saturated rings. The standard InChI is InChI=1S/C13H29O6PS/c1-3-4-5-6-7-8-9-10-11-12-13(2)21(17,18)19-20(14,15)16/h13H,3-12H2,1-2H3,(H2,14,15,16). The van der Waals surface area contributed by atoms with Crippen molar-refractivity contribution in [1.29, 1.82) is 0 Å². The van der Waals surface area contributed by atoms with Gasteiger partial charge in [-0.25, -0.2) is 4.57 Å². The highest BCUT2D eigenvalue weighted by molar-refractivity contribution is 7.91. The van der Waals surface area contributed by atoms with Crippen molar-refractivity contribution >= 4 is 17.9 Å². The van der Waals surface area contributed by atoms with Crippen LogP contribution in [0.3, 0.4) is 0 Å². The fourth-order valence-corrected chi connectivity index (χ4v) is 4.22. The average Bonchev–Trinajstić information content (AvgIpc) is 2.33. The first-order valence-corrected chi connectivity index (χ1v) is 10.7. The van der Waals surface area contributed by atoms with Crippen LogP contribution in [0.2, 0.25) is 0 Å². The van der Waals surface area contributed by atoms with Gasteiger partial charge in [-0.3, -0.25) is 0 Å². The van der Waals surface area contributed by atoms with Crippen molar-refractivity contribution in [2.45, 2.75) is 83.3 Å². The monoisotopic (exact) mass is 344 g/mol. The van der Waals surface area contributed by atoms with Crippen LogP contribution in [0.15, 0.2) is 0 Å². The van der Waals surface area contributed by atoms with E-state index in [1.807, 2.05) is 0 Å². The summed E-state index contributed by atoms with van der Waals surface area (Å²) >= 11 is 0. The molecular formula is C13H29O6PS. The summed E-state index contributed by atoms with van der Waals surface area (Å²) in [5.41, 5.74) is 0. The predicted molar refractivity (Wildman–Crippen MR) is 83.4 cm³/mol. The molecule has 0 aromatic carbocycles. The predicted octanol–water partition coefficient (Wildman–Crippen LogP) is 3.73. The molecule has 128 valence electrons. The zero-order chi connectivity index (χ0) is 16.4. The molecule has 0 rings (SSSR count). The maximum absolute atomic E-state index is 11.5. The lowest BCUT2D eigenvalue weighted by molar-refractivity contribution is 0.283. The molecule has 0 aromatic rings. The molecule has 2 N–H and O–H groups in total. The van der Waals surface area contributed by atoms with Gasteiger partial charge in [0, 0.05) is 0 Å². The van der Waals surface area contributed by atoms with Crippen molar-refractivity contribution in [3.63, 3.8) is 0 Å². The van der Waals surface area contributed by atoms with Crippen molar-refractivity contribution < 1.29 is 26.7 Å². The molecule has 1 atom stereocenters. The van der Waals surface area contributed by atoms with Crippen LogP contribution in [0.4, 0.5) is 0 Å². The van der Waals surface area contributed by atoms with Crippen molar-refractivity contribution in [3.05, 3.63) is 0 Å². The van der Waals surface area contributed by atoms with E-state index < -0.39 is 23.2 Å².